The third kappa shape index (κ3) is 2.23. The van der Waals surface area contributed by atoms with Crippen LogP contribution in [0.5, 0.6) is 11.5 Å². The molecule has 1 N–H and O–H groups in total. The highest BCUT2D eigenvalue weighted by atomic mass is 79.9. The Bertz CT molecular complexity index is 347. The average molecular weight is 275 g/mol. The number of carboxylic acids is 1. The van der Waals surface area contributed by atoms with Gasteiger partial charge in [-0.1, -0.05) is 15.9 Å². The number of alkyl halides is 1. The molecule has 4 nitrogen and oxygen atoms in total. The van der Waals surface area contributed by atoms with Crippen molar-refractivity contribution in [1.82, 2.24) is 0 Å². The van der Waals surface area contributed by atoms with Gasteiger partial charge >= 0.3 is 5.97 Å². The van der Waals surface area contributed by atoms with E-state index in [2.05, 4.69) is 15.9 Å². The number of carbonyl (C=O) groups is 1. The number of ether oxygens (including phenoxy) is 2. The molecular weight excluding hydrogens is 264 g/mol. The zero-order valence-corrected chi connectivity index (χ0v) is 10.00. The van der Waals surface area contributed by atoms with Crippen molar-refractivity contribution in [3.8, 4) is 22.6 Å². The van der Waals surface area contributed by atoms with Crippen LogP contribution >= 0.6 is 15.9 Å². The van der Waals surface area contributed by atoms with Crippen molar-refractivity contribution in [2.24, 2.45) is 0 Å². The molecule has 0 aromatic rings. The zero-order valence-electron chi connectivity index (χ0n) is 8.41. The van der Waals surface area contributed by atoms with Crippen LogP contribution in [0.15, 0.2) is 12.1 Å². The normalized spacial score (nSPS) is 9.80. The molecule has 0 amide bonds. The molecule has 82 valence electrons. The van der Waals surface area contributed by atoms with Crippen LogP contribution in [0.1, 0.15) is 0 Å². The summed E-state index contributed by atoms with van der Waals surface area (Å²) in [6.45, 7) is 0. The molecule has 2 rings (SSSR count). The van der Waals surface area contributed by atoms with Crippen LogP contribution in [-0.4, -0.2) is 30.6 Å². The van der Waals surface area contributed by atoms with Gasteiger partial charge in [0.1, 0.15) is 5.33 Å². The fourth-order valence-electron chi connectivity index (χ4n) is 1.23. The molecule has 0 unspecified atom stereocenters. The van der Waals surface area contributed by atoms with Crippen molar-refractivity contribution < 1.29 is 19.4 Å². The Hall–Kier alpha value is -1.23. The summed E-state index contributed by atoms with van der Waals surface area (Å²) in [6.07, 6.45) is 0. The summed E-state index contributed by atoms with van der Waals surface area (Å²) >= 11 is 2.71. The molecule has 0 atom stereocenters. The van der Waals surface area contributed by atoms with Crippen LogP contribution in [0.25, 0.3) is 11.1 Å². The van der Waals surface area contributed by atoms with Gasteiger partial charge in [0.2, 0.25) is 0 Å². The SMILES string of the molecule is COc1c2ccc-2c1OC.O=C(O)CBr. The standard InChI is InChI=1S/C8H8O2.C2H3BrO2/c1-9-7-5-3-4-6(5)8(7)10-2;3-1-2(4)5/h3-4H,1-2H3;1H2,(H,4,5). The monoisotopic (exact) mass is 274 g/mol. The van der Waals surface area contributed by atoms with E-state index in [0.717, 1.165) is 11.5 Å². The lowest BCUT2D eigenvalue weighted by atomic mass is 9.90. The highest BCUT2D eigenvalue weighted by Gasteiger charge is 2.27. The van der Waals surface area contributed by atoms with Crippen LogP contribution in [0.3, 0.4) is 0 Å². The smallest absolute Gasteiger partial charge is 0.314 e. The summed E-state index contributed by atoms with van der Waals surface area (Å²) in [7, 11) is 3.31. The summed E-state index contributed by atoms with van der Waals surface area (Å²) in [5.41, 5.74) is 2.39. The largest absolute Gasteiger partial charge is 0.492 e. The Morgan fingerprint density at radius 1 is 1.27 bits per heavy atom. The third-order valence-electron chi connectivity index (χ3n) is 1.92. The van der Waals surface area contributed by atoms with Crippen LogP contribution in [-0.2, 0) is 4.79 Å². The number of benzene rings is 1. The third-order valence-corrected chi connectivity index (χ3v) is 2.40. The van der Waals surface area contributed by atoms with Crippen LogP contribution in [0.2, 0.25) is 0 Å². The summed E-state index contributed by atoms with van der Waals surface area (Å²) in [5.74, 6) is 0.949. The molecule has 15 heavy (non-hydrogen) atoms. The van der Waals surface area contributed by atoms with Gasteiger partial charge in [0.05, 0.1) is 14.2 Å². The number of halogens is 1. The minimum Gasteiger partial charge on any atom is -0.492 e. The first-order valence-electron chi connectivity index (χ1n) is 4.18. The minimum atomic E-state index is -0.829. The van der Waals surface area contributed by atoms with Crippen molar-refractivity contribution in [3.05, 3.63) is 12.1 Å². The molecule has 2 aliphatic carbocycles. The Morgan fingerprint density at radius 3 is 1.73 bits per heavy atom. The lowest BCUT2D eigenvalue weighted by Gasteiger charge is -2.24. The van der Waals surface area contributed by atoms with E-state index >= 15 is 0 Å². The highest BCUT2D eigenvalue weighted by molar-refractivity contribution is 9.09. The molecule has 0 spiro atoms. The first-order chi connectivity index (χ1) is 7.15. The van der Waals surface area contributed by atoms with Gasteiger partial charge < -0.3 is 14.6 Å². The number of rotatable bonds is 3. The second kappa shape index (κ2) is 5.02. The number of carboxylic acid groups (broad SMARTS) is 1. The van der Waals surface area contributed by atoms with Crippen molar-refractivity contribution in [2.45, 2.75) is 0 Å². The topological polar surface area (TPSA) is 55.8 Å². The van der Waals surface area contributed by atoms with Crippen molar-refractivity contribution in [2.75, 3.05) is 19.5 Å². The average Bonchev–Trinajstić information content (AvgIpc) is 2.21. The Balaban J connectivity index is 0.000000195. The molecule has 0 radical (unpaired) electrons. The maximum absolute atomic E-state index is 9.32. The Morgan fingerprint density at radius 2 is 1.60 bits per heavy atom. The van der Waals surface area contributed by atoms with Crippen LogP contribution < -0.4 is 9.47 Å². The predicted molar refractivity (Wildman–Crippen MR) is 60.0 cm³/mol. The van der Waals surface area contributed by atoms with Gasteiger partial charge in [0, 0.05) is 11.1 Å². The second-order valence-electron chi connectivity index (χ2n) is 2.75. The van der Waals surface area contributed by atoms with Crippen LogP contribution in [0.4, 0.5) is 0 Å². The van der Waals surface area contributed by atoms with Crippen molar-refractivity contribution >= 4 is 21.9 Å². The summed E-state index contributed by atoms with van der Waals surface area (Å²) in [4.78, 5) is 9.32. The number of hydrogen-bond donors (Lipinski definition) is 1. The molecule has 0 saturated heterocycles. The van der Waals surface area contributed by atoms with Gasteiger partial charge in [0.25, 0.3) is 0 Å². The molecule has 0 aliphatic heterocycles. The molecule has 2 aliphatic rings. The van der Waals surface area contributed by atoms with Gasteiger partial charge in [-0.05, 0) is 12.1 Å². The predicted octanol–water partition coefficient (Wildman–Crippen LogP) is 2.15. The Kier molecular flexibility index (Phi) is 3.96. The van der Waals surface area contributed by atoms with E-state index in [1.807, 2.05) is 12.1 Å². The molecule has 0 fully saturated rings. The lowest BCUT2D eigenvalue weighted by Crippen LogP contribution is -2.03. The van der Waals surface area contributed by atoms with Gasteiger partial charge in [-0.15, -0.1) is 0 Å². The second-order valence-corrected chi connectivity index (χ2v) is 3.32. The maximum Gasteiger partial charge on any atom is 0.314 e. The minimum absolute atomic E-state index is 0.0347. The van der Waals surface area contributed by atoms with E-state index in [9.17, 15) is 4.79 Å². The zero-order chi connectivity index (χ0) is 11.4. The van der Waals surface area contributed by atoms with E-state index in [4.69, 9.17) is 14.6 Å². The molecule has 0 heterocycles. The maximum atomic E-state index is 9.32. The van der Waals surface area contributed by atoms with Gasteiger partial charge in [-0.3, -0.25) is 4.79 Å². The summed E-state index contributed by atoms with van der Waals surface area (Å²) in [5, 5.41) is 7.71. The molecule has 0 saturated carbocycles. The van der Waals surface area contributed by atoms with E-state index in [-0.39, 0.29) is 5.33 Å². The quantitative estimate of drug-likeness (QED) is 0.872. The number of fused-ring (bicyclic) bond motifs is 1. The molecule has 0 aromatic carbocycles. The fraction of sp³-hybridized carbons (Fsp3) is 0.300. The van der Waals surface area contributed by atoms with E-state index < -0.39 is 5.97 Å². The number of aliphatic carboxylic acids is 1. The fourth-order valence-corrected chi connectivity index (χ4v) is 1.23. The number of methoxy groups -OCH3 is 2. The van der Waals surface area contributed by atoms with Gasteiger partial charge in [0.15, 0.2) is 11.5 Å². The van der Waals surface area contributed by atoms with E-state index in [1.54, 1.807) is 14.2 Å². The molecule has 5 heteroatoms. The number of hydrogen-bond acceptors (Lipinski definition) is 3. The highest BCUT2D eigenvalue weighted by Crippen LogP contribution is 2.54. The molecule has 0 aromatic heterocycles. The Labute approximate surface area is 95.9 Å². The van der Waals surface area contributed by atoms with Crippen molar-refractivity contribution in [3.63, 3.8) is 0 Å². The lowest BCUT2D eigenvalue weighted by molar-refractivity contribution is -0.133. The first kappa shape index (κ1) is 11.8. The summed E-state index contributed by atoms with van der Waals surface area (Å²) < 4.78 is 10.1. The van der Waals surface area contributed by atoms with Gasteiger partial charge in [-0.25, -0.2) is 0 Å². The van der Waals surface area contributed by atoms with Crippen LogP contribution in [0, 0.1) is 0 Å². The molecular formula is C10H11BrO4. The van der Waals surface area contributed by atoms with Gasteiger partial charge in [-0.2, -0.15) is 0 Å². The van der Waals surface area contributed by atoms with E-state index in [1.165, 1.54) is 11.1 Å². The molecule has 0 bridgehead atoms. The summed E-state index contributed by atoms with van der Waals surface area (Å²) in [6, 6.07) is 4.05. The first-order valence-corrected chi connectivity index (χ1v) is 5.31. The van der Waals surface area contributed by atoms with Crippen molar-refractivity contribution in [1.29, 1.82) is 0 Å². The van der Waals surface area contributed by atoms with E-state index in [0.29, 0.717) is 0 Å².